The first-order valence-corrected chi connectivity index (χ1v) is 14.3. The Morgan fingerprint density at radius 2 is 1.37 bits per heavy atom. The molecule has 1 heterocycles. The number of nitrogens with one attached hydrogen (secondary N) is 3. The second-order valence-corrected chi connectivity index (χ2v) is 9.92. The summed E-state index contributed by atoms with van der Waals surface area (Å²) in [6.45, 7) is 15.5. The van der Waals surface area contributed by atoms with E-state index >= 15 is 0 Å². The van der Waals surface area contributed by atoms with Crippen LogP contribution in [0.1, 0.15) is 60.7 Å². The second-order valence-electron chi connectivity index (χ2n) is 9.51. The van der Waals surface area contributed by atoms with E-state index < -0.39 is 5.91 Å². The molecule has 1 aliphatic rings. The Labute approximate surface area is 247 Å². The summed E-state index contributed by atoms with van der Waals surface area (Å²) in [5.74, 6) is 0.431. The second kappa shape index (κ2) is 13.3. The minimum Gasteiger partial charge on any atom is -0.457 e. The summed E-state index contributed by atoms with van der Waals surface area (Å²) in [6.07, 6.45) is 1.10. The summed E-state index contributed by atoms with van der Waals surface area (Å²) in [6, 6.07) is 20.1. The van der Waals surface area contributed by atoms with E-state index in [1.807, 2.05) is 18.2 Å². The van der Waals surface area contributed by atoms with E-state index in [0.29, 0.717) is 5.56 Å². The van der Waals surface area contributed by atoms with Crippen molar-refractivity contribution in [2.75, 3.05) is 36.0 Å². The molecule has 4 rings (SSSR count). The fourth-order valence-corrected chi connectivity index (χ4v) is 5.37. The first-order chi connectivity index (χ1) is 19.8. The number of carbonyl (C=O) groups is 2. The van der Waals surface area contributed by atoms with Crippen LogP contribution in [0.15, 0.2) is 73.3 Å². The lowest BCUT2D eigenvalue weighted by Crippen LogP contribution is -2.48. The Kier molecular flexibility index (Phi) is 9.62. The SMILES string of the molecule is C=CC(=O)NC(=S)NNC(=O)c1ccccc1C1c2ccc(N(CC)CC)cc2Oc2cc(N(CC)CC)ccc21. The van der Waals surface area contributed by atoms with Crippen LogP contribution in [-0.2, 0) is 4.79 Å². The minimum absolute atomic E-state index is 0.0321. The minimum atomic E-state index is -0.472. The van der Waals surface area contributed by atoms with E-state index in [9.17, 15) is 9.59 Å². The fourth-order valence-electron chi connectivity index (χ4n) is 5.22. The molecular weight excluding hydrogens is 534 g/mol. The maximum atomic E-state index is 13.4. The number of rotatable bonds is 9. The molecule has 3 aromatic rings. The van der Waals surface area contributed by atoms with Gasteiger partial charge < -0.3 is 14.5 Å². The molecule has 1 aliphatic heterocycles. The van der Waals surface area contributed by atoms with E-state index in [1.54, 1.807) is 6.07 Å². The predicted molar refractivity (Wildman–Crippen MR) is 169 cm³/mol. The van der Waals surface area contributed by atoms with Crippen molar-refractivity contribution in [2.24, 2.45) is 0 Å². The maximum Gasteiger partial charge on any atom is 0.269 e. The molecule has 41 heavy (non-hydrogen) atoms. The molecule has 0 aromatic heterocycles. The van der Waals surface area contributed by atoms with Gasteiger partial charge in [-0.3, -0.25) is 25.8 Å². The predicted octanol–water partition coefficient (Wildman–Crippen LogP) is 5.49. The number of ether oxygens (including phenoxy) is 1. The summed E-state index contributed by atoms with van der Waals surface area (Å²) < 4.78 is 6.58. The third-order valence-electron chi connectivity index (χ3n) is 7.32. The molecule has 0 radical (unpaired) electrons. The molecule has 0 spiro atoms. The van der Waals surface area contributed by atoms with Gasteiger partial charge in [0.25, 0.3) is 5.91 Å². The number of amides is 2. The van der Waals surface area contributed by atoms with Gasteiger partial charge in [0, 0.05) is 72.3 Å². The quantitative estimate of drug-likeness (QED) is 0.139. The summed E-state index contributed by atoms with van der Waals surface area (Å²) in [4.78, 5) is 29.5. The third-order valence-corrected chi connectivity index (χ3v) is 7.53. The highest BCUT2D eigenvalue weighted by molar-refractivity contribution is 7.80. The normalized spacial score (nSPS) is 11.8. The highest BCUT2D eigenvalue weighted by Gasteiger charge is 2.32. The number of carbonyl (C=O) groups excluding carboxylic acids is 2. The lowest BCUT2D eigenvalue weighted by atomic mass is 9.80. The average Bonchev–Trinajstić information content (AvgIpc) is 2.99. The van der Waals surface area contributed by atoms with Gasteiger partial charge in [-0.25, -0.2) is 0 Å². The topological polar surface area (TPSA) is 85.9 Å². The van der Waals surface area contributed by atoms with Gasteiger partial charge in [-0.15, -0.1) is 0 Å². The van der Waals surface area contributed by atoms with Crippen molar-refractivity contribution < 1.29 is 14.3 Å². The Hall–Kier alpha value is -4.37. The fraction of sp³-hybridized carbons (Fsp3) is 0.281. The van der Waals surface area contributed by atoms with Crippen LogP contribution in [0.2, 0.25) is 0 Å². The van der Waals surface area contributed by atoms with Gasteiger partial charge in [0.15, 0.2) is 5.11 Å². The smallest absolute Gasteiger partial charge is 0.269 e. The molecule has 0 unspecified atom stereocenters. The highest BCUT2D eigenvalue weighted by atomic mass is 32.1. The first-order valence-electron chi connectivity index (χ1n) is 13.9. The molecule has 0 fully saturated rings. The van der Waals surface area contributed by atoms with Gasteiger partial charge in [0.1, 0.15) is 11.5 Å². The van der Waals surface area contributed by atoms with Crippen LogP contribution >= 0.6 is 12.2 Å². The Morgan fingerprint density at radius 1 is 0.829 bits per heavy atom. The molecule has 3 aromatic carbocycles. The van der Waals surface area contributed by atoms with Crippen molar-refractivity contribution in [1.29, 1.82) is 0 Å². The van der Waals surface area contributed by atoms with Crippen LogP contribution in [0.3, 0.4) is 0 Å². The van der Waals surface area contributed by atoms with Crippen molar-refractivity contribution in [2.45, 2.75) is 33.6 Å². The standard InChI is InChI=1S/C32H37N5O3S/c1-6-29(38)33-32(41)35-34-31(39)24-14-12-11-13-23(24)30-25-17-15-21(36(7-2)8-3)19-27(25)40-28-20-22(16-18-26(28)30)37(9-4)10-5/h6,11-20,30H,1,7-10H2,2-5H3,(H,34,39)(H2,33,35,38,41). The Morgan fingerprint density at radius 3 is 1.88 bits per heavy atom. The molecule has 0 aliphatic carbocycles. The molecule has 0 bridgehead atoms. The molecular formula is C32H37N5O3S. The lowest BCUT2D eigenvalue weighted by Gasteiger charge is -2.32. The molecule has 0 atom stereocenters. The largest absolute Gasteiger partial charge is 0.457 e. The number of fused-ring (bicyclic) bond motifs is 2. The van der Waals surface area contributed by atoms with Gasteiger partial charge >= 0.3 is 0 Å². The van der Waals surface area contributed by atoms with Crippen LogP contribution in [0, 0.1) is 0 Å². The van der Waals surface area contributed by atoms with Gasteiger partial charge in [0.05, 0.1) is 0 Å². The van der Waals surface area contributed by atoms with Gasteiger partial charge in [-0.1, -0.05) is 36.9 Å². The molecule has 9 heteroatoms. The molecule has 214 valence electrons. The summed E-state index contributed by atoms with van der Waals surface area (Å²) in [5, 5.41) is 2.38. The monoisotopic (exact) mass is 571 g/mol. The van der Waals surface area contributed by atoms with Gasteiger partial charge in [-0.2, -0.15) is 0 Å². The molecule has 3 N–H and O–H groups in total. The van der Waals surface area contributed by atoms with Crippen LogP contribution < -0.4 is 30.7 Å². The molecule has 8 nitrogen and oxygen atoms in total. The highest BCUT2D eigenvalue weighted by Crippen LogP contribution is 2.50. The third kappa shape index (κ3) is 6.36. The molecule has 2 amide bonds. The zero-order valence-electron chi connectivity index (χ0n) is 24.0. The van der Waals surface area contributed by atoms with Crippen molar-refractivity contribution in [3.8, 4) is 11.5 Å². The summed E-state index contributed by atoms with van der Waals surface area (Å²) in [7, 11) is 0. The number of hydrazine groups is 1. The van der Waals surface area contributed by atoms with Gasteiger partial charge in [0.2, 0.25) is 5.91 Å². The van der Waals surface area contributed by atoms with Crippen LogP contribution in [-0.4, -0.2) is 43.1 Å². The molecule has 0 saturated heterocycles. The number of benzene rings is 3. The number of anilines is 2. The van der Waals surface area contributed by atoms with Crippen molar-refractivity contribution in [1.82, 2.24) is 16.2 Å². The number of thiocarbonyl (C=S) groups is 1. The average molecular weight is 572 g/mol. The Balaban J connectivity index is 1.79. The van der Waals surface area contributed by atoms with E-state index in [4.69, 9.17) is 17.0 Å². The number of nitrogens with zero attached hydrogens (tertiary/aromatic N) is 2. The van der Waals surface area contributed by atoms with Crippen LogP contribution in [0.25, 0.3) is 0 Å². The number of hydrogen-bond acceptors (Lipinski definition) is 6. The molecule has 0 saturated carbocycles. The van der Waals surface area contributed by atoms with E-state index in [-0.39, 0.29) is 16.9 Å². The number of hydrogen-bond donors (Lipinski definition) is 3. The summed E-state index contributed by atoms with van der Waals surface area (Å²) in [5.41, 5.74) is 10.6. The maximum absolute atomic E-state index is 13.4. The van der Waals surface area contributed by atoms with Crippen molar-refractivity contribution >= 4 is 40.5 Å². The lowest BCUT2D eigenvalue weighted by molar-refractivity contribution is -0.115. The van der Waals surface area contributed by atoms with E-state index in [2.05, 4.69) is 96.6 Å². The first kappa shape index (κ1) is 29.6. The van der Waals surface area contributed by atoms with E-state index in [0.717, 1.165) is 71.8 Å². The van der Waals surface area contributed by atoms with Crippen LogP contribution in [0.5, 0.6) is 11.5 Å². The Bertz CT molecular complexity index is 1390. The van der Waals surface area contributed by atoms with Crippen molar-refractivity contribution in [3.05, 3.63) is 95.6 Å². The zero-order valence-corrected chi connectivity index (χ0v) is 24.8. The van der Waals surface area contributed by atoms with Crippen LogP contribution in [0.4, 0.5) is 11.4 Å². The van der Waals surface area contributed by atoms with Crippen molar-refractivity contribution in [3.63, 3.8) is 0 Å². The van der Waals surface area contributed by atoms with E-state index in [1.165, 1.54) is 0 Å². The zero-order chi connectivity index (χ0) is 29.5. The summed E-state index contributed by atoms with van der Waals surface area (Å²) >= 11 is 5.10. The van der Waals surface area contributed by atoms with Gasteiger partial charge in [-0.05, 0) is 69.8 Å².